The highest BCUT2D eigenvalue weighted by Crippen LogP contribution is 2.31. The Morgan fingerprint density at radius 2 is 1.92 bits per heavy atom. The molecule has 128 valence electrons. The van der Waals surface area contributed by atoms with Crippen molar-refractivity contribution >= 4 is 28.9 Å². The summed E-state index contributed by atoms with van der Waals surface area (Å²) in [6, 6.07) is 10.3. The zero-order chi connectivity index (χ0) is 17.7. The fourth-order valence-electron chi connectivity index (χ4n) is 2.20. The Kier molecular flexibility index (Phi) is 5.93. The predicted molar refractivity (Wildman–Crippen MR) is 97.4 cm³/mol. The average molecular weight is 349 g/mol. The van der Waals surface area contributed by atoms with Crippen molar-refractivity contribution in [2.45, 2.75) is 19.9 Å². The minimum Gasteiger partial charge on any atom is -0.497 e. The number of rotatable bonds is 6. The van der Waals surface area contributed by atoms with Crippen molar-refractivity contribution in [2.75, 3.05) is 24.9 Å². The summed E-state index contributed by atoms with van der Waals surface area (Å²) in [6.45, 7) is 3.67. The van der Waals surface area contributed by atoms with Crippen molar-refractivity contribution in [1.29, 1.82) is 0 Å². The Morgan fingerprint density at radius 3 is 2.58 bits per heavy atom. The summed E-state index contributed by atoms with van der Waals surface area (Å²) < 4.78 is 10.5. The minimum atomic E-state index is -0.467. The third kappa shape index (κ3) is 4.32. The number of halogens is 1. The molecule has 0 bridgehead atoms. The van der Waals surface area contributed by atoms with Crippen LogP contribution in [0.3, 0.4) is 0 Å². The largest absolute Gasteiger partial charge is 0.497 e. The monoisotopic (exact) mass is 348 g/mol. The fourth-order valence-corrected chi connectivity index (χ4v) is 2.35. The molecule has 5 nitrogen and oxygen atoms in total. The first-order chi connectivity index (χ1) is 11.4. The van der Waals surface area contributed by atoms with Crippen LogP contribution in [0.4, 0.5) is 11.4 Å². The van der Waals surface area contributed by atoms with Gasteiger partial charge in [-0.15, -0.1) is 0 Å². The molecule has 24 heavy (non-hydrogen) atoms. The summed E-state index contributed by atoms with van der Waals surface area (Å²) in [5.41, 5.74) is 2.29. The molecular weight excluding hydrogens is 328 g/mol. The number of aryl methyl sites for hydroxylation is 1. The van der Waals surface area contributed by atoms with Gasteiger partial charge in [0.2, 0.25) is 5.91 Å². The lowest BCUT2D eigenvalue weighted by Crippen LogP contribution is -2.32. The molecule has 2 N–H and O–H groups in total. The number of amides is 1. The van der Waals surface area contributed by atoms with Crippen molar-refractivity contribution in [3.8, 4) is 11.5 Å². The number of carbonyl (C=O) groups is 1. The Labute approximate surface area is 146 Å². The van der Waals surface area contributed by atoms with E-state index in [-0.39, 0.29) is 5.91 Å². The molecule has 1 unspecified atom stereocenters. The minimum absolute atomic E-state index is 0.169. The molecule has 0 aliphatic carbocycles. The molecule has 0 fully saturated rings. The zero-order valence-electron chi connectivity index (χ0n) is 14.1. The van der Waals surface area contributed by atoms with E-state index in [2.05, 4.69) is 10.6 Å². The molecule has 6 heteroatoms. The first-order valence-electron chi connectivity index (χ1n) is 7.50. The maximum atomic E-state index is 12.4. The molecule has 0 aliphatic rings. The molecule has 0 spiro atoms. The third-order valence-corrected chi connectivity index (χ3v) is 3.99. The van der Waals surface area contributed by atoms with Gasteiger partial charge < -0.3 is 20.1 Å². The lowest BCUT2D eigenvalue weighted by Gasteiger charge is -2.18. The number of methoxy groups -OCH3 is 2. The van der Waals surface area contributed by atoms with E-state index in [0.717, 1.165) is 5.56 Å². The Hall–Kier alpha value is -2.40. The Bertz CT molecular complexity index is 734. The van der Waals surface area contributed by atoms with Crippen LogP contribution >= 0.6 is 11.6 Å². The van der Waals surface area contributed by atoms with Crippen molar-refractivity contribution in [2.24, 2.45) is 0 Å². The molecule has 0 aromatic heterocycles. The van der Waals surface area contributed by atoms with Crippen molar-refractivity contribution in [1.82, 2.24) is 0 Å². The summed E-state index contributed by atoms with van der Waals surface area (Å²) in [6.07, 6.45) is 0. The van der Waals surface area contributed by atoms with Gasteiger partial charge in [-0.2, -0.15) is 0 Å². The molecule has 2 aromatic rings. The van der Waals surface area contributed by atoms with Crippen molar-refractivity contribution in [3.05, 3.63) is 47.0 Å². The van der Waals surface area contributed by atoms with Crippen LogP contribution in [0.1, 0.15) is 12.5 Å². The second kappa shape index (κ2) is 7.93. The summed E-state index contributed by atoms with van der Waals surface area (Å²) in [5, 5.41) is 6.62. The number of ether oxygens (including phenoxy) is 2. The third-order valence-electron chi connectivity index (χ3n) is 3.58. The summed E-state index contributed by atoms with van der Waals surface area (Å²) in [4.78, 5) is 12.4. The van der Waals surface area contributed by atoms with Crippen molar-refractivity contribution in [3.63, 3.8) is 0 Å². The summed E-state index contributed by atoms with van der Waals surface area (Å²) in [7, 11) is 3.15. The molecule has 0 radical (unpaired) electrons. The maximum Gasteiger partial charge on any atom is 0.246 e. The number of benzene rings is 2. The van der Waals surface area contributed by atoms with Crippen LogP contribution in [-0.2, 0) is 4.79 Å². The van der Waals surface area contributed by atoms with Gasteiger partial charge in [0.1, 0.15) is 17.5 Å². The van der Waals surface area contributed by atoms with Gasteiger partial charge in [-0.25, -0.2) is 0 Å². The predicted octanol–water partition coefficient (Wildman–Crippen LogP) is 4.10. The van der Waals surface area contributed by atoms with Gasteiger partial charge in [-0.05, 0) is 37.6 Å². The van der Waals surface area contributed by atoms with Gasteiger partial charge in [0.25, 0.3) is 0 Å². The van der Waals surface area contributed by atoms with Crippen LogP contribution in [0.2, 0.25) is 5.02 Å². The van der Waals surface area contributed by atoms with Gasteiger partial charge in [-0.1, -0.05) is 17.7 Å². The molecule has 0 heterocycles. The van der Waals surface area contributed by atoms with E-state index in [0.29, 0.717) is 27.9 Å². The van der Waals surface area contributed by atoms with E-state index in [4.69, 9.17) is 21.1 Å². The molecule has 2 rings (SSSR count). The van der Waals surface area contributed by atoms with Gasteiger partial charge in [-0.3, -0.25) is 4.79 Å². The number of anilines is 2. The number of hydrogen-bond acceptors (Lipinski definition) is 4. The molecular formula is C18H21ClN2O3. The van der Waals surface area contributed by atoms with Crippen LogP contribution in [0.15, 0.2) is 36.4 Å². The zero-order valence-corrected chi connectivity index (χ0v) is 14.9. The van der Waals surface area contributed by atoms with E-state index >= 15 is 0 Å². The van der Waals surface area contributed by atoms with E-state index < -0.39 is 6.04 Å². The second-order valence-electron chi connectivity index (χ2n) is 5.39. The van der Waals surface area contributed by atoms with Crippen LogP contribution in [-0.4, -0.2) is 26.2 Å². The number of hydrogen-bond donors (Lipinski definition) is 2. The lowest BCUT2D eigenvalue weighted by atomic mass is 10.2. The van der Waals surface area contributed by atoms with Crippen LogP contribution in [0, 0.1) is 6.92 Å². The van der Waals surface area contributed by atoms with Crippen LogP contribution < -0.4 is 20.1 Å². The van der Waals surface area contributed by atoms with E-state index in [1.54, 1.807) is 39.3 Å². The van der Waals surface area contributed by atoms with E-state index in [9.17, 15) is 4.79 Å². The topological polar surface area (TPSA) is 59.6 Å². The lowest BCUT2D eigenvalue weighted by molar-refractivity contribution is -0.116. The SMILES string of the molecule is COc1cccc(NC(=O)C(C)Nc2cc(C)c(Cl)cc2OC)c1. The van der Waals surface area contributed by atoms with E-state index in [1.165, 1.54) is 0 Å². The molecule has 2 aromatic carbocycles. The van der Waals surface area contributed by atoms with Gasteiger partial charge in [0.15, 0.2) is 0 Å². The van der Waals surface area contributed by atoms with Crippen molar-refractivity contribution < 1.29 is 14.3 Å². The quantitative estimate of drug-likeness (QED) is 0.825. The standard InChI is InChI=1S/C18H21ClN2O3/c1-11-8-16(17(24-4)10-15(11)19)20-12(2)18(22)21-13-6-5-7-14(9-13)23-3/h5-10,12,20H,1-4H3,(H,21,22). The Morgan fingerprint density at radius 1 is 1.17 bits per heavy atom. The Balaban J connectivity index is 2.10. The molecule has 1 amide bonds. The fraction of sp³-hybridized carbons (Fsp3) is 0.278. The molecule has 1 atom stereocenters. The smallest absolute Gasteiger partial charge is 0.246 e. The van der Waals surface area contributed by atoms with Crippen LogP contribution in [0.25, 0.3) is 0 Å². The first kappa shape index (κ1) is 17.9. The van der Waals surface area contributed by atoms with Crippen LogP contribution in [0.5, 0.6) is 11.5 Å². The van der Waals surface area contributed by atoms with E-state index in [1.807, 2.05) is 25.1 Å². The second-order valence-corrected chi connectivity index (χ2v) is 5.80. The number of carbonyl (C=O) groups excluding carboxylic acids is 1. The summed E-state index contributed by atoms with van der Waals surface area (Å²) >= 11 is 6.10. The highest BCUT2D eigenvalue weighted by molar-refractivity contribution is 6.31. The molecule has 0 saturated carbocycles. The molecule has 0 saturated heterocycles. The van der Waals surface area contributed by atoms with Gasteiger partial charge in [0.05, 0.1) is 19.9 Å². The normalized spacial score (nSPS) is 11.5. The highest BCUT2D eigenvalue weighted by Gasteiger charge is 2.16. The average Bonchev–Trinajstić information content (AvgIpc) is 2.57. The van der Waals surface area contributed by atoms with Gasteiger partial charge in [0, 0.05) is 22.8 Å². The van der Waals surface area contributed by atoms with Gasteiger partial charge >= 0.3 is 0 Å². The number of nitrogens with one attached hydrogen (secondary N) is 2. The molecule has 0 aliphatic heterocycles. The summed E-state index contributed by atoms with van der Waals surface area (Å²) in [5.74, 6) is 1.10. The maximum absolute atomic E-state index is 12.4. The first-order valence-corrected chi connectivity index (χ1v) is 7.88. The highest BCUT2D eigenvalue weighted by atomic mass is 35.5.